The van der Waals surface area contributed by atoms with Crippen molar-refractivity contribution in [3.63, 3.8) is 0 Å². The molecule has 2 aromatic rings. The second-order valence-electron chi connectivity index (χ2n) is 5.38. The first-order valence-corrected chi connectivity index (χ1v) is 7.92. The van der Waals surface area contributed by atoms with Gasteiger partial charge >= 0.3 is 0 Å². The highest BCUT2D eigenvalue weighted by atomic mass is 16.5. The zero-order valence-corrected chi connectivity index (χ0v) is 14.0. The van der Waals surface area contributed by atoms with E-state index in [9.17, 15) is 9.59 Å². The van der Waals surface area contributed by atoms with E-state index in [0.29, 0.717) is 17.9 Å². The van der Waals surface area contributed by atoms with Crippen LogP contribution in [0.25, 0.3) is 0 Å². The summed E-state index contributed by atoms with van der Waals surface area (Å²) in [5, 5.41) is 5.34. The Morgan fingerprint density at radius 2 is 1.54 bits per heavy atom. The van der Waals surface area contributed by atoms with Crippen LogP contribution in [0.4, 0.5) is 5.69 Å². The van der Waals surface area contributed by atoms with Crippen molar-refractivity contribution in [2.45, 2.75) is 19.8 Å². The molecule has 2 rings (SSSR count). The van der Waals surface area contributed by atoms with Gasteiger partial charge in [0.25, 0.3) is 5.91 Å². The summed E-state index contributed by atoms with van der Waals surface area (Å²) in [6.45, 7) is 2.04. The van der Waals surface area contributed by atoms with Crippen LogP contribution < -0.4 is 15.4 Å². The van der Waals surface area contributed by atoms with E-state index >= 15 is 0 Å². The Hall–Kier alpha value is -2.82. The van der Waals surface area contributed by atoms with Crippen molar-refractivity contribution < 1.29 is 14.3 Å². The molecule has 0 saturated carbocycles. The number of nitrogens with one attached hydrogen (secondary N) is 2. The maximum atomic E-state index is 11.9. The van der Waals surface area contributed by atoms with Crippen molar-refractivity contribution in [1.29, 1.82) is 0 Å². The number of ether oxygens (including phenoxy) is 1. The number of hydrogen-bond donors (Lipinski definition) is 2. The van der Waals surface area contributed by atoms with Crippen molar-refractivity contribution in [2.24, 2.45) is 0 Å². The molecule has 0 unspecified atom stereocenters. The molecular formula is C19H22N2O3. The van der Waals surface area contributed by atoms with Crippen LogP contribution in [-0.4, -0.2) is 25.5 Å². The van der Waals surface area contributed by atoms with Gasteiger partial charge in [-0.2, -0.15) is 0 Å². The molecule has 126 valence electrons. The quantitative estimate of drug-likeness (QED) is 0.822. The first-order valence-electron chi connectivity index (χ1n) is 7.92. The van der Waals surface area contributed by atoms with E-state index < -0.39 is 0 Å². The summed E-state index contributed by atoms with van der Waals surface area (Å²) in [6.07, 6.45) is 1.29. The second kappa shape index (κ2) is 8.72. The molecule has 2 amide bonds. The molecule has 0 spiro atoms. The molecule has 0 heterocycles. The van der Waals surface area contributed by atoms with Gasteiger partial charge in [0.1, 0.15) is 5.75 Å². The first kappa shape index (κ1) is 17.5. The van der Waals surface area contributed by atoms with Gasteiger partial charge in [-0.1, -0.05) is 31.2 Å². The van der Waals surface area contributed by atoms with Crippen LogP contribution in [0.15, 0.2) is 48.5 Å². The topological polar surface area (TPSA) is 67.4 Å². The summed E-state index contributed by atoms with van der Waals surface area (Å²) in [6, 6.07) is 14.9. The second-order valence-corrected chi connectivity index (χ2v) is 5.38. The summed E-state index contributed by atoms with van der Waals surface area (Å²) in [5.41, 5.74) is 2.79. The van der Waals surface area contributed by atoms with Crippen molar-refractivity contribution in [2.75, 3.05) is 19.0 Å². The fraction of sp³-hybridized carbons (Fsp3) is 0.263. The number of carbonyl (C=O) groups excluding carboxylic acids is 2. The molecule has 2 N–H and O–H groups in total. The molecule has 0 fully saturated rings. The fourth-order valence-electron chi connectivity index (χ4n) is 2.15. The van der Waals surface area contributed by atoms with Crippen molar-refractivity contribution in [1.82, 2.24) is 5.32 Å². The monoisotopic (exact) mass is 326 g/mol. The van der Waals surface area contributed by atoms with Gasteiger partial charge in [0.15, 0.2) is 6.61 Å². The van der Waals surface area contributed by atoms with E-state index in [1.54, 1.807) is 19.2 Å². The average Bonchev–Trinajstić information content (AvgIpc) is 2.62. The number of aryl methyl sites for hydroxylation is 1. The van der Waals surface area contributed by atoms with Crippen LogP contribution in [0.5, 0.6) is 5.75 Å². The Labute approximate surface area is 142 Å². The molecule has 2 aromatic carbocycles. The molecule has 24 heavy (non-hydrogen) atoms. The Bertz CT molecular complexity index is 679. The third-order valence-corrected chi connectivity index (χ3v) is 3.58. The van der Waals surface area contributed by atoms with Gasteiger partial charge < -0.3 is 15.4 Å². The summed E-state index contributed by atoms with van der Waals surface area (Å²) in [5.74, 6) is 0.395. The lowest BCUT2D eigenvalue weighted by molar-refractivity contribution is -0.120. The van der Waals surface area contributed by atoms with E-state index in [2.05, 4.69) is 17.6 Å². The predicted molar refractivity (Wildman–Crippen MR) is 94.2 cm³/mol. The first-order chi connectivity index (χ1) is 11.6. The Morgan fingerprint density at radius 3 is 2.12 bits per heavy atom. The van der Waals surface area contributed by atoms with Crippen molar-refractivity contribution in [3.05, 3.63) is 59.7 Å². The molecule has 0 bridgehead atoms. The minimum Gasteiger partial charge on any atom is -0.484 e. The number of amides is 2. The Balaban J connectivity index is 1.82. The van der Waals surface area contributed by atoms with Gasteiger partial charge in [0.05, 0.1) is 6.42 Å². The van der Waals surface area contributed by atoms with E-state index in [4.69, 9.17) is 4.74 Å². The van der Waals surface area contributed by atoms with Gasteiger partial charge in [-0.05, 0) is 41.8 Å². The van der Waals surface area contributed by atoms with Crippen molar-refractivity contribution in [3.8, 4) is 5.75 Å². The van der Waals surface area contributed by atoms with Crippen molar-refractivity contribution >= 4 is 17.5 Å². The van der Waals surface area contributed by atoms with Crippen LogP contribution in [0.3, 0.4) is 0 Å². The zero-order valence-electron chi connectivity index (χ0n) is 14.0. The van der Waals surface area contributed by atoms with Gasteiger partial charge in [0, 0.05) is 12.7 Å². The summed E-state index contributed by atoms with van der Waals surface area (Å²) >= 11 is 0. The molecule has 0 aliphatic rings. The number of likely N-dealkylation sites (N-methyl/N-ethyl adjacent to an activating group) is 1. The number of carbonyl (C=O) groups is 2. The normalized spacial score (nSPS) is 10.1. The molecule has 0 aliphatic carbocycles. The summed E-state index contributed by atoms with van der Waals surface area (Å²) in [4.78, 5) is 23.2. The van der Waals surface area contributed by atoms with Crippen LogP contribution in [-0.2, 0) is 22.4 Å². The molecule has 0 saturated heterocycles. The number of benzene rings is 2. The highest BCUT2D eigenvalue weighted by Gasteiger charge is 2.05. The molecule has 0 aromatic heterocycles. The molecule has 5 heteroatoms. The molecular weight excluding hydrogens is 304 g/mol. The lowest BCUT2D eigenvalue weighted by atomic mass is 10.1. The van der Waals surface area contributed by atoms with E-state index in [1.165, 1.54) is 5.56 Å². The average molecular weight is 326 g/mol. The van der Waals surface area contributed by atoms with Crippen LogP contribution >= 0.6 is 0 Å². The molecule has 0 aliphatic heterocycles. The smallest absolute Gasteiger partial charge is 0.262 e. The molecule has 5 nitrogen and oxygen atoms in total. The minimum atomic E-state index is -0.228. The van der Waals surface area contributed by atoms with E-state index in [1.807, 2.05) is 36.4 Å². The molecule has 0 radical (unpaired) electrons. The number of hydrogen-bond acceptors (Lipinski definition) is 3. The zero-order chi connectivity index (χ0) is 17.4. The lowest BCUT2D eigenvalue weighted by Crippen LogP contribution is -2.21. The number of rotatable bonds is 7. The Kier molecular flexibility index (Phi) is 6.37. The maximum Gasteiger partial charge on any atom is 0.262 e. The summed E-state index contributed by atoms with van der Waals surface area (Å²) in [7, 11) is 1.60. The third-order valence-electron chi connectivity index (χ3n) is 3.58. The van der Waals surface area contributed by atoms with Gasteiger partial charge in [-0.15, -0.1) is 0 Å². The van der Waals surface area contributed by atoms with Gasteiger partial charge in [-0.3, -0.25) is 9.59 Å². The van der Waals surface area contributed by atoms with Crippen LogP contribution in [0.1, 0.15) is 18.1 Å². The maximum absolute atomic E-state index is 11.9. The highest BCUT2D eigenvalue weighted by Crippen LogP contribution is 2.13. The standard InChI is InChI=1S/C19H22N2O3/c1-3-14-6-10-17(11-7-14)24-13-19(23)21-16-8-4-15(5-9-16)12-18(22)20-2/h4-11H,3,12-13H2,1-2H3,(H,20,22)(H,21,23). The van der Waals surface area contributed by atoms with E-state index in [0.717, 1.165) is 12.0 Å². The minimum absolute atomic E-state index is 0.0470. The Morgan fingerprint density at radius 1 is 0.917 bits per heavy atom. The van der Waals surface area contributed by atoms with E-state index in [-0.39, 0.29) is 18.4 Å². The highest BCUT2D eigenvalue weighted by molar-refractivity contribution is 5.91. The van der Waals surface area contributed by atoms with Crippen LogP contribution in [0, 0.1) is 0 Å². The number of anilines is 1. The van der Waals surface area contributed by atoms with Crippen LogP contribution in [0.2, 0.25) is 0 Å². The summed E-state index contributed by atoms with van der Waals surface area (Å²) < 4.78 is 5.47. The fourth-order valence-corrected chi connectivity index (χ4v) is 2.15. The predicted octanol–water partition coefficient (Wildman–Crippen LogP) is 2.56. The third kappa shape index (κ3) is 5.43. The van der Waals surface area contributed by atoms with Gasteiger partial charge in [-0.25, -0.2) is 0 Å². The lowest BCUT2D eigenvalue weighted by Gasteiger charge is -2.08. The van der Waals surface area contributed by atoms with Gasteiger partial charge in [0.2, 0.25) is 5.91 Å². The molecule has 0 atom stereocenters. The largest absolute Gasteiger partial charge is 0.484 e. The SMILES string of the molecule is CCc1ccc(OCC(=O)Nc2ccc(CC(=O)NC)cc2)cc1.